The predicted molar refractivity (Wildman–Crippen MR) is 401 cm³/mol. The van der Waals surface area contributed by atoms with Gasteiger partial charge in [-0.15, -0.1) is 0 Å². The molecule has 11 N–H and O–H groups in total. The van der Waals surface area contributed by atoms with Gasteiger partial charge in [-0.1, -0.05) is 72.8 Å². The molecule has 500 valence electrons. The summed E-state index contributed by atoms with van der Waals surface area (Å²) in [6.45, 7) is 22.7. The van der Waals surface area contributed by atoms with Crippen molar-refractivity contribution in [3.8, 4) is 0 Å². The van der Waals surface area contributed by atoms with E-state index in [4.69, 9.17) is 47.8 Å². The summed E-state index contributed by atoms with van der Waals surface area (Å²) in [5.41, 5.74) is 36.8. The smallest absolute Gasteiger partial charge is 0.335 e. The van der Waals surface area contributed by atoms with E-state index in [1.165, 1.54) is 12.3 Å². The van der Waals surface area contributed by atoms with Gasteiger partial charge in [-0.2, -0.15) is 0 Å². The number of aromatic carboxylic acids is 1. The van der Waals surface area contributed by atoms with Gasteiger partial charge in [0.05, 0.1) is 41.8 Å². The Bertz CT molecular complexity index is 5650. The Labute approximate surface area is 590 Å². The number of aromatic nitrogens is 9. The lowest BCUT2D eigenvalue weighted by molar-refractivity contribution is 0.0696. The lowest BCUT2D eigenvalue weighted by Gasteiger charge is -2.09. The van der Waals surface area contributed by atoms with E-state index in [1.54, 1.807) is 86.0 Å². The molecule has 0 bridgehead atoms. The number of anilines is 3. The van der Waals surface area contributed by atoms with Crippen LogP contribution in [0.1, 0.15) is 81.5 Å². The monoisotopic (exact) mass is 1350 g/mol. The van der Waals surface area contributed by atoms with E-state index in [0.717, 1.165) is 110 Å². The van der Waals surface area contributed by atoms with Crippen molar-refractivity contribution in [1.82, 2.24) is 55.5 Å². The number of amides is 2. The number of pyridine rings is 9. The molecule has 9 aromatic heterocycles. The van der Waals surface area contributed by atoms with Gasteiger partial charge in [0.1, 0.15) is 17.5 Å². The van der Waals surface area contributed by atoms with E-state index >= 15 is 0 Å². The van der Waals surface area contributed by atoms with Crippen molar-refractivity contribution >= 4 is 117 Å². The van der Waals surface area contributed by atoms with Gasteiger partial charge in [-0.3, -0.25) is 39.5 Å². The van der Waals surface area contributed by atoms with Crippen LogP contribution in [-0.4, -0.2) is 67.7 Å². The number of nitrogens with two attached hydrogens (primary N) is 4. The standard InChI is InChI=1S/2C27H20N6O.C17H11N3O2.C10H11N3/c2*1-29-23-14-21-10-17(3-5-25(21)32-16-23)12-22-13-20(7-8-30-22)27(34)33-15-18-2-4-24-19(11-18)6-9-31-26(24)28;1-18-15-9-13-6-11(2-3-16(13)20-10-15)7-14-8-12(17(21)22)4-5-19-14;11-6-7-1-2-9-8(5-7)3-4-13-10(9)12/h2*2-11,13-14,16H,12,15H2,(H2,28,31)(H,33,34);2-6,8-10H,7H2,(H,21,22);1-5H,6,11H2,(H2,12,13). The van der Waals surface area contributed by atoms with Gasteiger partial charge in [-0.05, 0) is 175 Å². The average Bonchev–Trinajstić information content (AvgIpc) is 0.875. The van der Waals surface area contributed by atoms with Crippen molar-refractivity contribution in [3.63, 3.8) is 0 Å². The number of nitrogens with one attached hydrogen (secondary N) is 2. The predicted octanol–water partition coefficient (Wildman–Crippen LogP) is 14.4. The molecule has 0 atom stereocenters. The Morgan fingerprint density at radius 3 is 1.01 bits per heavy atom. The topological polar surface area (TPSA) is 329 Å². The fourth-order valence-corrected chi connectivity index (χ4v) is 11.5. The first-order valence-electron chi connectivity index (χ1n) is 32.2. The maximum absolute atomic E-state index is 12.8. The molecule has 0 unspecified atom stereocenters. The number of hydrogen-bond donors (Lipinski definition) is 7. The quantitative estimate of drug-likeness (QED) is 0.0497. The molecule has 0 aliphatic carbocycles. The van der Waals surface area contributed by atoms with E-state index in [0.29, 0.717) is 90.2 Å². The van der Waals surface area contributed by atoms with E-state index in [1.807, 2.05) is 140 Å². The molecular weight excluding hydrogens is 1290 g/mol. The molecule has 15 rings (SSSR count). The molecule has 0 saturated carbocycles. The summed E-state index contributed by atoms with van der Waals surface area (Å²) in [6, 6.07) is 56.6. The maximum Gasteiger partial charge on any atom is 0.335 e. The zero-order chi connectivity index (χ0) is 71.8. The molecule has 0 spiro atoms. The molecule has 2 amide bonds. The summed E-state index contributed by atoms with van der Waals surface area (Å²) in [4.78, 5) is 84.9. The normalized spacial score (nSPS) is 10.7. The number of carbonyl (C=O) groups excluding carboxylic acids is 2. The van der Waals surface area contributed by atoms with Crippen LogP contribution in [0.4, 0.5) is 34.5 Å². The van der Waals surface area contributed by atoms with Gasteiger partial charge in [0.2, 0.25) is 17.1 Å². The summed E-state index contributed by atoms with van der Waals surface area (Å²) in [6.07, 6.45) is 16.2. The summed E-state index contributed by atoms with van der Waals surface area (Å²) in [5.74, 6) is 0.262. The van der Waals surface area contributed by atoms with E-state index in [-0.39, 0.29) is 17.4 Å². The summed E-state index contributed by atoms with van der Waals surface area (Å²) < 4.78 is 0. The molecule has 0 aliphatic rings. The zero-order valence-corrected chi connectivity index (χ0v) is 55.1. The highest BCUT2D eigenvalue weighted by Gasteiger charge is 2.14. The fourth-order valence-electron chi connectivity index (χ4n) is 11.5. The Kier molecular flexibility index (Phi) is 21.1. The second-order valence-electron chi connectivity index (χ2n) is 23.8. The van der Waals surface area contributed by atoms with E-state index in [2.05, 4.69) is 70.0 Å². The molecular formula is C81H62N18O4. The van der Waals surface area contributed by atoms with Gasteiger partial charge >= 0.3 is 5.97 Å². The third kappa shape index (κ3) is 17.2. The van der Waals surface area contributed by atoms with Crippen molar-refractivity contribution < 1.29 is 19.5 Å². The Balaban J connectivity index is 0.000000136. The first-order chi connectivity index (χ1) is 50.1. The molecule has 9 heterocycles. The third-order valence-corrected chi connectivity index (χ3v) is 16.7. The molecule has 15 aromatic rings. The third-order valence-electron chi connectivity index (χ3n) is 16.7. The lowest BCUT2D eigenvalue weighted by Crippen LogP contribution is -2.23. The minimum atomic E-state index is -0.965. The minimum Gasteiger partial charge on any atom is -0.478 e. The van der Waals surface area contributed by atoms with Crippen LogP contribution < -0.4 is 33.6 Å². The van der Waals surface area contributed by atoms with Crippen molar-refractivity contribution in [2.24, 2.45) is 5.73 Å². The van der Waals surface area contributed by atoms with Gasteiger partial charge in [0.25, 0.3) is 11.8 Å². The van der Waals surface area contributed by atoms with Crippen LogP contribution in [0.2, 0.25) is 0 Å². The number of carboxylic acid groups (broad SMARTS) is 1. The number of hydrogen-bond acceptors (Lipinski definition) is 16. The molecule has 22 nitrogen and oxygen atoms in total. The number of carbonyl (C=O) groups is 3. The second-order valence-corrected chi connectivity index (χ2v) is 23.8. The molecule has 0 saturated heterocycles. The fraction of sp³-hybridized carbons (Fsp3) is 0.0741. The van der Waals surface area contributed by atoms with Crippen LogP contribution in [0.15, 0.2) is 238 Å². The second kappa shape index (κ2) is 31.8. The number of carboxylic acids is 1. The Morgan fingerprint density at radius 2 is 0.660 bits per heavy atom. The molecule has 0 aliphatic heterocycles. The van der Waals surface area contributed by atoms with Gasteiger partial charge < -0.3 is 38.7 Å². The first-order valence-corrected chi connectivity index (χ1v) is 32.2. The van der Waals surface area contributed by atoms with Gasteiger partial charge in [-0.25, -0.2) is 34.3 Å². The summed E-state index contributed by atoms with van der Waals surface area (Å²) >= 11 is 0. The number of nitrogens with zero attached hydrogens (tertiary/aromatic N) is 12. The largest absolute Gasteiger partial charge is 0.478 e. The van der Waals surface area contributed by atoms with Crippen LogP contribution in [-0.2, 0) is 38.9 Å². The van der Waals surface area contributed by atoms with Gasteiger partial charge in [0, 0.05) is 139 Å². The molecule has 6 aromatic carbocycles. The zero-order valence-electron chi connectivity index (χ0n) is 55.1. The van der Waals surface area contributed by atoms with Gasteiger partial charge in [0.15, 0.2) is 0 Å². The highest BCUT2D eigenvalue weighted by molar-refractivity contribution is 5.97. The van der Waals surface area contributed by atoms with Crippen LogP contribution in [0.5, 0.6) is 0 Å². The van der Waals surface area contributed by atoms with Crippen LogP contribution in [0.25, 0.3) is 79.6 Å². The SMILES string of the molecule is NCc1ccc2c(N)nccc2c1.[C-]#[N+]c1cnc2ccc(Cc3cc(C(=O)NCc4ccc5c(N)nccc5c4)ccn3)cc2c1.[C-]#[N+]c1cnc2ccc(Cc3cc(C(=O)NCc4ccc5c(N)nccc5c4)ccn3)cc2c1.[C-]#[N+]c1cnc2ccc(Cc3cc(C(=O)O)ccn3)cc2c1. The lowest BCUT2D eigenvalue weighted by atomic mass is 10.0. The van der Waals surface area contributed by atoms with E-state index < -0.39 is 5.97 Å². The molecule has 0 fully saturated rings. The number of nitrogen functional groups attached to an aromatic ring is 3. The van der Waals surface area contributed by atoms with Crippen molar-refractivity contribution in [2.75, 3.05) is 17.2 Å². The minimum absolute atomic E-state index is 0.164. The van der Waals surface area contributed by atoms with E-state index in [9.17, 15) is 14.4 Å². The van der Waals surface area contributed by atoms with Crippen molar-refractivity contribution in [1.29, 1.82) is 0 Å². The first kappa shape index (κ1) is 68.4. The van der Waals surface area contributed by atoms with Crippen LogP contribution >= 0.6 is 0 Å². The maximum atomic E-state index is 12.8. The Hall–Kier alpha value is -14.5. The summed E-state index contributed by atoms with van der Waals surface area (Å²) in [7, 11) is 0. The van der Waals surface area contributed by atoms with Crippen LogP contribution in [0, 0.1) is 19.7 Å². The highest BCUT2D eigenvalue weighted by atomic mass is 16.4. The number of rotatable bonds is 14. The molecule has 0 radical (unpaired) electrons. The van der Waals surface area contributed by atoms with Crippen molar-refractivity contribution in [2.45, 2.75) is 38.9 Å². The van der Waals surface area contributed by atoms with Crippen LogP contribution in [0.3, 0.4) is 0 Å². The average molecular weight is 1350 g/mol. The summed E-state index contributed by atoms with van der Waals surface area (Å²) in [5, 5.41) is 23.5. The molecule has 22 heteroatoms. The number of fused-ring (bicyclic) bond motifs is 6. The molecule has 103 heavy (non-hydrogen) atoms. The number of benzene rings is 6. The Morgan fingerprint density at radius 1 is 0.350 bits per heavy atom. The van der Waals surface area contributed by atoms with Crippen molar-refractivity contribution in [3.05, 3.63) is 339 Å². The highest BCUT2D eigenvalue weighted by Crippen LogP contribution is 2.27.